The van der Waals surface area contributed by atoms with Crippen molar-refractivity contribution in [1.29, 1.82) is 0 Å². The number of hydrogen-bond acceptors (Lipinski definition) is 3. The first-order valence-corrected chi connectivity index (χ1v) is 7.84. The van der Waals surface area contributed by atoms with E-state index in [1.807, 2.05) is 24.3 Å². The van der Waals surface area contributed by atoms with E-state index in [0.29, 0.717) is 6.61 Å². The molecule has 0 saturated heterocycles. The van der Waals surface area contributed by atoms with Gasteiger partial charge in [-0.05, 0) is 30.5 Å². The van der Waals surface area contributed by atoms with Gasteiger partial charge in [-0.25, -0.2) is 0 Å². The van der Waals surface area contributed by atoms with E-state index in [1.165, 1.54) is 19.3 Å². The van der Waals surface area contributed by atoms with Crippen molar-refractivity contribution in [2.24, 2.45) is 5.73 Å². The highest BCUT2D eigenvalue weighted by Crippen LogP contribution is 2.17. The van der Waals surface area contributed by atoms with E-state index >= 15 is 0 Å². The van der Waals surface area contributed by atoms with Gasteiger partial charge >= 0.3 is 0 Å². The van der Waals surface area contributed by atoms with Crippen LogP contribution in [0.25, 0.3) is 0 Å². The zero-order valence-corrected chi connectivity index (χ0v) is 12.9. The Hall–Kier alpha value is -1.06. The van der Waals surface area contributed by atoms with Crippen molar-refractivity contribution in [2.45, 2.75) is 52.0 Å². The molecular weight excluding hydrogens is 250 g/mol. The number of unbranched alkanes of at least 4 members (excludes halogenated alkanes) is 3. The van der Waals surface area contributed by atoms with Gasteiger partial charge in [0.2, 0.25) is 0 Å². The quantitative estimate of drug-likeness (QED) is 0.621. The molecule has 1 atom stereocenters. The lowest BCUT2D eigenvalue weighted by Gasteiger charge is -2.13. The second-order valence-electron chi connectivity index (χ2n) is 5.16. The zero-order chi connectivity index (χ0) is 14.6. The van der Waals surface area contributed by atoms with Gasteiger partial charge in [0.05, 0.1) is 19.3 Å². The largest absolute Gasteiger partial charge is 0.494 e. The summed E-state index contributed by atoms with van der Waals surface area (Å²) in [6.45, 7) is 6.46. The predicted molar refractivity (Wildman–Crippen MR) is 84.1 cm³/mol. The van der Waals surface area contributed by atoms with E-state index in [9.17, 15) is 0 Å². The second kappa shape index (κ2) is 10.7. The van der Waals surface area contributed by atoms with E-state index in [-0.39, 0.29) is 6.04 Å². The Morgan fingerprint density at radius 3 is 2.35 bits per heavy atom. The Kier molecular flexibility index (Phi) is 9.09. The summed E-state index contributed by atoms with van der Waals surface area (Å²) in [5, 5.41) is 0. The van der Waals surface area contributed by atoms with Gasteiger partial charge in [0.1, 0.15) is 5.75 Å². The molecule has 114 valence electrons. The van der Waals surface area contributed by atoms with Crippen LogP contribution in [0.15, 0.2) is 24.3 Å². The molecule has 0 aromatic heterocycles. The molecule has 2 N–H and O–H groups in total. The SMILES string of the molecule is CCCCCCOCC(N)c1ccc(OCCC)cc1. The summed E-state index contributed by atoms with van der Waals surface area (Å²) in [6, 6.07) is 7.95. The third-order valence-electron chi connectivity index (χ3n) is 3.22. The second-order valence-corrected chi connectivity index (χ2v) is 5.16. The fourth-order valence-electron chi connectivity index (χ4n) is 1.97. The van der Waals surface area contributed by atoms with Gasteiger partial charge in [-0.2, -0.15) is 0 Å². The van der Waals surface area contributed by atoms with Gasteiger partial charge in [-0.3, -0.25) is 0 Å². The first kappa shape index (κ1) is 17.0. The predicted octanol–water partition coefficient (Wildman–Crippen LogP) is 4.07. The van der Waals surface area contributed by atoms with Crippen molar-refractivity contribution in [2.75, 3.05) is 19.8 Å². The van der Waals surface area contributed by atoms with Crippen molar-refractivity contribution < 1.29 is 9.47 Å². The van der Waals surface area contributed by atoms with E-state index in [4.69, 9.17) is 15.2 Å². The monoisotopic (exact) mass is 279 g/mol. The van der Waals surface area contributed by atoms with E-state index in [2.05, 4.69) is 13.8 Å². The molecule has 0 aliphatic heterocycles. The summed E-state index contributed by atoms with van der Waals surface area (Å²) in [5.74, 6) is 0.906. The molecule has 20 heavy (non-hydrogen) atoms. The van der Waals surface area contributed by atoms with Crippen molar-refractivity contribution in [3.8, 4) is 5.75 Å². The molecule has 1 aromatic carbocycles. The number of nitrogens with two attached hydrogens (primary N) is 1. The number of ether oxygens (including phenoxy) is 2. The van der Waals surface area contributed by atoms with Crippen LogP contribution in [0.4, 0.5) is 0 Å². The van der Waals surface area contributed by atoms with Crippen molar-refractivity contribution >= 4 is 0 Å². The molecule has 3 nitrogen and oxygen atoms in total. The van der Waals surface area contributed by atoms with E-state index in [0.717, 1.165) is 37.4 Å². The van der Waals surface area contributed by atoms with Gasteiger partial charge in [0.25, 0.3) is 0 Å². The van der Waals surface area contributed by atoms with Crippen LogP contribution in [0.5, 0.6) is 5.75 Å². The lowest BCUT2D eigenvalue weighted by atomic mass is 10.1. The van der Waals surface area contributed by atoms with Crippen molar-refractivity contribution in [3.63, 3.8) is 0 Å². The highest BCUT2D eigenvalue weighted by atomic mass is 16.5. The number of benzene rings is 1. The molecule has 1 unspecified atom stereocenters. The maximum atomic E-state index is 6.12. The first-order chi connectivity index (χ1) is 9.77. The van der Waals surface area contributed by atoms with Gasteiger partial charge in [0.15, 0.2) is 0 Å². The van der Waals surface area contributed by atoms with Gasteiger partial charge in [-0.15, -0.1) is 0 Å². The molecule has 3 heteroatoms. The molecule has 0 aliphatic rings. The fourth-order valence-corrected chi connectivity index (χ4v) is 1.97. The van der Waals surface area contributed by atoms with Crippen LogP contribution < -0.4 is 10.5 Å². The van der Waals surface area contributed by atoms with Crippen LogP contribution >= 0.6 is 0 Å². The summed E-state index contributed by atoms with van der Waals surface area (Å²) in [5.41, 5.74) is 7.22. The Labute approximate surface area is 123 Å². The first-order valence-electron chi connectivity index (χ1n) is 7.84. The molecule has 0 amide bonds. The summed E-state index contributed by atoms with van der Waals surface area (Å²) in [6.07, 6.45) is 5.94. The van der Waals surface area contributed by atoms with E-state index < -0.39 is 0 Å². The van der Waals surface area contributed by atoms with Crippen LogP contribution in [0.3, 0.4) is 0 Å². The number of rotatable bonds is 11. The Morgan fingerprint density at radius 2 is 1.70 bits per heavy atom. The smallest absolute Gasteiger partial charge is 0.119 e. The third kappa shape index (κ3) is 6.92. The summed E-state index contributed by atoms with van der Waals surface area (Å²) in [7, 11) is 0. The molecule has 1 aromatic rings. The topological polar surface area (TPSA) is 44.5 Å². The summed E-state index contributed by atoms with van der Waals surface area (Å²) >= 11 is 0. The number of hydrogen-bond donors (Lipinski definition) is 1. The van der Waals surface area contributed by atoms with Gasteiger partial charge < -0.3 is 15.2 Å². The molecule has 1 rings (SSSR count). The van der Waals surface area contributed by atoms with Crippen LogP contribution in [0, 0.1) is 0 Å². The van der Waals surface area contributed by atoms with Crippen LogP contribution in [0.2, 0.25) is 0 Å². The molecule has 0 spiro atoms. The normalized spacial score (nSPS) is 12.3. The third-order valence-corrected chi connectivity index (χ3v) is 3.22. The molecule has 0 bridgehead atoms. The maximum Gasteiger partial charge on any atom is 0.119 e. The Bertz CT molecular complexity index is 337. The molecule has 0 saturated carbocycles. The standard InChI is InChI=1S/C17H29NO2/c1-3-5-6-7-13-19-14-17(18)15-8-10-16(11-9-15)20-12-4-2/h8-11,17H,3-7,12-14,18H2,1-2H3. The molecule has 0 radical (unpaired) electrons. The zero-order valence-electron chi connectivity index (χ0n) is 12.9. The highest BCUT2D eigenvalue weighted by Gasteiger charge is 2.06. The Balaban J connectivity index is 2.23. The van der Waals surface area contributed by atoms with Crippen LogP contribution in [-0.2, 0) is 4.74 Å². The summed E-state index contributed by atoms with van der Waals surface area (Å²) in [4.78, 5) is 0. The minimum Gasteiger partial charge on any atom is -0.494 e. The maximum absolute atomic E-state index is 6.12. The minimum absolute atomic E-state index is 0.0543. The molecule has 0 aliphatic carbocycles. The fraction of sp³-hybridized carbons (Fsp3) is 0.647. The van der Waals surface area contributed by atoms with Crippen molar-refractivity contribution in [3.05, 3.63) is 29.8 Å². The molecule has 0 fully saturated rings. The van der Waals surface area contributed by atoms with Crippen LogP contribution in [0.1, 0.15) is 57.6 Å². The van der Waals surface area contributed by atoms with Crippen molar-refractivity contribution in [1.82, 2.24) is 0 Å². The molecule has 0 heterocycles. The molecular formula is C17H29NO2. The lowest BCUT2D eigenvalue weighted by Crippen LogP contribution is -2.17. The summed E-state index contributed by atoms with van der Waals surface area (Å²) < 4.78 is 11.2. The Morgan fingerprint density at radius 1 is 0.950 bits per heavy atom. The van der Waals surface area contributed by atoms with Gasteiger partial charge in [0, 0.05) is 6.61 Å². The minimum atomic E-state index is -0.0543. The average molecular weight is 279 g/mol. The highest BCUT2D eigenvalue weighted by molar-refractivity contribution is 5.29. The van der Waals surface area contributed by atoms with E-state index in [1.54, 1.807) is 0 Å². The van der Waals surface area contributed by atoms with Gasteiger partial charge in [-0.1, -0.05) is 45.2 Å². The lowest BCUT2D eigenvalue weighted by molar-refractivity contribution is 0.117. The average Bonchev–Trinajstić information content (AvgIpc) is 2.49. The van der Waals surface area contributed by atoms with Crippen LogP contribution in [-0.4, -0.2) is 19.8 Å².